The van der Waals surface area contributed by atoms with E-state index in [0.717, 1.165) is 0 Å². The predicted molar refractivity (Wildman–Crippen MR) is 76.7 cm³/mol. The van der Waals surface area contributed by atoms with Crippen LogP contribution in [0.2, 0.25) is 0 Å². The number of aryl methyl sites for hydroxylation is 1. The summed E-state index contributed by atoms with van der Waals surface area (Å²) in [6.45, 7) is 6.00. The lowest BCUT2D eigenvalue weighted by atomic mass is 10.2. The van der Waals surface area contributed by atoms with Crippen LogP contribution in [-0.2, 0) is 0 Å². The monoisotopic (exact) mass is 292 g/mol. The summed E-state index contributed by atoms with van der Waals surface area (Å²) in [6, 6.07) is 3.79. The molecular weight excluding hydrogens is 272 g/mol. The first-order valence-electron chi connectivity index (χ1n) is 6.88. The SMILES string of the molecule is Cc1nnc(-c2cccnc2OCCC(O)NC(C)C)o1. The fraction of sp³-hybridized carbons (Fsp3) is 0.500. The molecule has 0 saturated heterocycles. The molecule has 0 aliphatic rings. The molecule has 1 unspecified atom stereocenters. The maximum Gasteiger partial charge on any atom is 0.253 e. The van der Waals surface area contributed by atoms with Crippen LogP contribution in [0.25, 0.3) is 11.5 Å². The van der Waals surface area contributed by atoms with Gasteiger partial charge in [0.05, 0.1) is 6.61 Å². The number of pyridine rings is 1. The van der Waals surface area contributed by atoms with Crippen LogP contribution in [-0.4, -0.2) is 39.2 Å². The van der Waals surface area contributed by atoms with Crippen LogP contribution in [0.1, 0.15) is 26.2 Å². The van der Waals surface area contributed by atoms with Gasteiger partial charge in [-0.2, -0.15) is 0 Å². The van der Waals surface area contributed by atoms with E-state index in [-0.39, 0.29) is 6.04 Å². The van der Waals surface area contributed by atoms with E-state index in [4.69, 9.17) is 9.15 Å². The average molecular weight is 292 g/mol. The number of nitrogens with one attached hydrogen (secondary N) is 1. The lowest BCUT2D eigenvalue weighted by Gasteiger charge is -2.16. The van der Waals surface area contributed by atoms with Crippen molar-refractivity contribution in [1.29, 1.82) is 0 Å². The van der Waals surface area contributed by atoms with E-state index in [0.29, 0.717) is 36.3 Å². The molecule has 2 N–H and O–H groups in total. The van der Waals surface area contributed by atoms with Crippen molar-refractivity contribution in [3.05, 3.63) is 24.2 Å². The molecule has 0 aliphatic carbocycles. The summed E-state index contributed by atoms with van der Waals surface area (Å²) in [5, 5.41) is 20.5. The van der Waals surface area contributed by atoms with E-state index in [1.54, 1.807) is 25.3 Å². The molecule has 2 aromatic heterocycles. The van der Waals surface area contributed by atoms with E-state index in [1.807, 2.05) is 13.8 Å². The van der Waals surface area contributed by atoms with Crippen molar-refractivity contribution in [2.24, 2.45) is 0 Å². The van der Waals surface area contributed by atoms with E-state index in [2.05, 4.69) is 20.5 Å². The zero-order valence-electron chi connectivity index (χ0n) is 12.4. The summed E-state index contributed by atoms with van der Waals surface area (Å²) in [6.07, 6.45) is 1.48. The van der Waals surface area contributed by atoms with E-state index < -0.39 is 6.23 Å². The highest BCUT2D eigenvalue weighted by Gasteiger charge is 2.14. The number of hydrogen-bond donors (Lipinski definition) is 2. The van der Waals surface area contributed by atoms with Gasteiger partial charge in [-0.1, -0.05) is 0 Å². The molecule has 0 amide bonds. The highest BCUT2D eigenvalue weighted by Crippen LogP contribution is 2.26. The molecule has 0 aromatic carbocycles. The number of aliphatic hydroxyl groups excluding tert-OH is 1. The third-order valence-corrected chi connectivity index (χ3v) is 2.68. The third kappa shape index (κ3) is 4.51. The highest BCUT2D eigenvalue weighted by molar-refractivity contribution is 5.59. The largest absolute Gasteiger partial charge is 0.477 e. The van der Waals surface area contributed by atoms with Crippen molar-refractivity contribution in [1.82, 2.24) is 20.5 Å². The van der Waals surface area contributed by atoms with E-state index in [1.165, 1.54) is 0 Å². The van der Waals surface area contributed by atoms with Gasteiger partial charge in [-0.05, 0) is 26.0 Å². The Balaban J connectivity index is 1.98. The molecule has 0 spiro atoms. The minimum absolute atomic E-state index is 0.215. The Labute approximate surface area is 123 Å². The summed E-state index contributed by atoms with van der Waals surface area (Å²) < 4.78 is 11.0. The highest BCUT2D eigenvalue weighted by atomic mass is 16.5. The normalized spacial score (nSPS) is 12.6. The van der Waals surface area contributed by atoms with Crippen LogP contribution in [0.5, 0.6) is 5.88 Å². The second-order valence-corrected chi connectivity index (χ2v) is 4.96. The molecule has 21 heavy (non-hydrogen) atoms. The van der Waals surface area contributed by atoms with Crippen LogP contribution < -0.4 is 10.1 Å². The van der Waals surface area contributed by atoms with Gasteiger partial charge in [-0.15, -0.1) is 10.2 Å². The first-order valence-corrected chi connectivity index (χ1v) is 6.88. The molecule has 7 heteroatoms. The van der Waals surface area contributed by atoms with Crippen LogP contribution in [0.4, 0.5) is 0 Å². The van der Waals surface area contributed by atoms with Gasteiger partial charge < -0.3 is 14.3 Å². The first-order chi connectivity index (χ1) is 10.1. The molecule has 0 fully saturated rings. The van der Waals surface area contributed by atoms with E-state index >= 15 is 0 Å². The van der Waals surface area contributed by atoms with Crippen LogP contribution in [0.15, 0.2) is 22.7 Å². The Kier molecular flexibility index (Phi) is 5.24. The number of nitrogens with zero attached hydrogens (tertiary/aromatic N) is 3. The maximum absolute atomic E-state index is 9.73. The van der Waals surface area contributed by atoms with Gasteiger partial charge in [0.15, 0.2) is 0 Å². The first kappa shape index (κ1) is 15.4. The molecule has 114 valence electrons. The minimum Gasteiger partial charge on any atom is -0.477 e. The van der Waals surface area contributed by atoms with Crippen molar-refractivity contribution in [2.45, 2.75) is 39.5 Å². The van der Waals surface area contributed by atoms with Gasteiger partial charge in [0, 0.05) is 25.6 Å². The fourth-order valence-corrected chi connectivity index (χ4v) is 1.81. The lowest BCUT2D eigenvalue weighted by molar-refractivity contribution is 0.0987. The number of hydrogen-bond acceptors (Lipinski definition) is 7. The fourth-order valence-electron chi connectivity index (χ4n) is 1.81. The van der Waals surface area contributed by atoms with E-state index in [9.17, 15) is 5.11 Å². The number of aliphatic hydroxyl groups is 1. The zero-order chi connectivity index (χ0) is 15.2. The third-order valence-electron chi connectivity index (χ3n) is 2.68. The van der Waals surface area contributed by atoms with Crippen molar-refractivity contribution >= 4 is 0 Å². The topological polar surface area (TPSA) is 93.3 Å². The number of ether oxygens (including phenoxy) is 1. The molecule has 2 aromatic rings. The Hall–Kier alpha value is -1.99. The second-order valence-electron chi connectivity index (χ2n) is 4.96. The van der Waals surface area contributed by atoms with Gasteiger partial charge >= 0.3 is 0 Å². The Morgan fingerprint density at radius 2 is 2.19 bits per heavy atom. The Morgan fingerprint density at radius 3 is 2.86 bits per heavy atom. The summed E-state index contributed by atoms with van der Waals surface area (Å²) in [4.78, 5) is 4.17. The van der Waals surface area contributed by atoms with Crippen LogP contribution in [0, 0.1) is 6.92 Å². The number of rotatable bonds is 7. The molecule has 0 saturated carbocycles. The maximum atomic E-state index is 9.73. The Morgan fingerprint density at radius 1 is 1.38 bits per heavy atom. The standard InChI is InChI=1S/C14H20N4O3/c1-9(2)16-12(19)6-8-20-13-11(5-4-7-15-13)14-18-17-10(3)21-14/h4-5,7,9,12,16,19H,6,8H2,1-3H3. The van der Waals surface area contributed by atoms with Crippen molar-refractivity contribution in [2.75, 3.05) is 6.61 Å². The summed E-state index contributed by atoms with van der Waals surface area (Å²) in [7, 11) is 0. The number of aromatic nitrogens is 3. The minimum atomic E-state index is -0.609. The smallest absolute Gasteiger partial charge is 0.253 e. The van der Waals surface area contributed by atoms with Crippen LogP contribution in [0.3, 0.4) is 0 Å². The van der Waals surface area contributed by atoms with Gasteiger partial charge in [-0.3, -0.25) is 5.32 Å². The predicted octanol–water partition coefficient (Wildman–Crippen LogP) is 1.53. The molecule has 0 aliphatic heterocycles. The molecule has 0 bridgehead atoms. The molecular formula is C14H20N4O3. The zero-order valence-corrected chi connectivity index (χ0v) is 12.4. The molecule has 0 radical (unpaired) electrons. The quantitative estimate of drug-likeness (QED) is 0.747. The van der Waals surface area contributed by atoms with Crippen LogP contribution >= 0.6 is 0 Å². The van der Waals surface area contributed by atoms with Gasteiger partial charge in [0.25, 0.3) is 5.89 Å². The Bertz CT molecular complexity index is 571. The molecule has 2 rings (SSSR count). The molecule has 1 atom stereocenters. The van der Waals surface area contributed by atoms with Crippen molar-refractivity contribution in [3.8, 4) is 17.3 Å². The molecule has 2 heterocycles. The summed E-state index contributed by atoms with van der Waals surface area (Å²) in [5.74, 6) is 1.27. The summed E-state index contributed by atoms with van der Waals surface area (Å²) >= 11 is 0. The van der Waals surface area contributed by atoms with Crippen molar-refractivity contribution < 1.29 is 14.3 Å². The van der Waals surface area contributed by atoms with Gasteiger partial charge in [-0.25, -0.2) is 4.98 Å². The summed E-state index contributed by atoms with van der Waals surface area (Å²) in [5.41, 5.74) is 0.643. The van der Waals surface area contributed by atoms with Gasteiger partial charge in [0.2, 0.25) is 11.8 Å². The van der Waals surface area contributed by atoms with Crippen molar-refractivity contribution in [3.63, 3.8) is 0 Å². The van der Waals surface area contributed by atoms with Gasteiger partial charge in [0.1, 0.15) is 11.8 Å². The molecule has 7 nitrogen and oxygen atoms in total. The second kappa shape index (κ2) is 7.14. The average Bonchev–Trinajstić information content (AvgIpc) is 2.85. The lowest BCUT2D eigenvalue weighted by Crippen LogP contribution is -2.35.